The van der Waals surface area contributed by atoms with E-state index >= 15 is 0 Å². The van der Waals surface area contributed by atoms with Gasteiger partial charge in [0.2, 0.25) is 5.78 Å². The van der Waals surface area contributed by atoms with Gasteiger partial charge in [0.15, 0.2) is 0 Å². The third-order valence-corrected chi connectivity index (χ3v) is 3.28. The summed E-state index contributed by atoms with van der Waals surface area (Å²) < 4.78 is 0. The van der Waals surface area contributed by atoms with E-state index in [0.717, 1.165) is 38.8 Å². The third kappa shape index (κ3) is 4.41. The molecule has 1 N–H and O–H groups in total. The predicted octanol–water partition coefficient (Wildman–Crippen LogP) is 1.73. The molecule has 18 heavy (non-hydrogen) atoms. The fourth-order valence-electron chi connectivity index (χ4n) is 2.38. The van der Waals surface area contributed by atoms with E-state index in [9.17, 15) is 9.59 Å². The van der Waals surface area contributed by atoms with Crippen LogP contribution in [0, 0.1) is 0 Å². The van der Waals surface area contributed by atoms with Gasteiger partial charge in [0, 0.05) is 19.1 Å². The molecule has 4 nitrogen and oxygen atoms in total. The SMILES string of the molecule is CCCC(NC(C)C)C(=O)C(=O)N1CCCCC1. The molecule has 1 unspecified atom stereocenters. The maximum Gasteiger partial charge on any atom is 0.291 e. The molecule has 1 atom stereocenters. The normalized spacial score (nSPS) is 17.9. The molecule has 0 aromatic carbocycles. The van der Waals surface area contributed by atoms with Crippen molar-refractivity contribution in [2.45, 2.75) is 65.0 Å². The van der Waals surface area contributed by atoms with Gasteiger partial charge in [0.05, 0.1) is 6.04 Å². The molecule has 1 fully saturated rings. The van der Waals surface area contributed by atoms with Gasteiger partial charge in [0.25, 0.3) is 5.91 Å². The van der Waals surface area contributed by atoms with Crippen LogP contribution in [0.4, 0.5) is 0 Å². The summed E-state index contributed by atoms with van der Waals surface area (Å²) in [6.07, 6.45) is 4.85. The van der Waals surface area contributed by atoms with Gasteiger partial charge in [-0.1, -0.05) is 27.2 Å². The van der Waals surface area contributed by atoms with Crippen molar-refractivity contribution in [2.75, 3.05) is 13.1 Å². The Morgan fingerprint density at radius 2 is 1.78 bits per heavy atom. The van der Waals surface area contributed by atoms with Gasteiger partial charge in [-0.25, -0.2) is 0 Å². The van der Waals surface area contributed by atoms with Crippen LogP contribution >= 0.6 is 0 Å². The second-order valence-corrected chi connectivity index (χ2v) is 5.38. The second-order valence-electron chi connectivity index (χ2n) is 5.38. The molecule has 104 valence electrons. The lowest BCUT2D eigenvalue weighted by molar-refractivity contribution is -0.146. The first-order valence-electron chi connectivity index (χ1n) is 7.15. The Balaban J connectivity index is 2.59. The second kappa shape index (κ2) is 7.52. The smallest absolute Gasteiger partial charge is 0.291 e. The highest BCUT2D eigenvalue weighted by Gasteiger charge is 2.29. The van der Waals surface area contributed by atoms with Gasteiger partial charge in [-0.2, -0.15) is 0 Å². The van der Waals surface area contributed by atoms with Crippen LogP contribution < -0.4 is 5.32 Å². The maximum atomic E-state index is 12.2. The van der Waals surface area contributed by atoms with E-state index in [1.54, 1.807) is 4.90 Å². The summed E-state index contributed by atoms with van der Waals surface area (Å²) >= 11 is 0. The van der Waals surface area contributed by atoms with E-state index in [0.29, 0.717) is 0 Å². The number of likely N-dealkylation sites (tertiary alicyclic amines) is 1. The molecule has 0 saturated carbocycles. The van der Waals surface area contributed by atoms with Crippen LogP contribution in [0.5, 0.6) is 0 Å². The Hall–Kier alpha value is -0.900. The Kier molecular flexibility index (Phi) is 6.33. The van der Waals surface area contributed by atoms with Crippen molar-refractivity contribution in [1.29, 1.82) is 0 Å². The minimum atomic E-state index is -0.315. The van der Waals surface area contributed by atoms with Crippen LogP contribution in [-0.4, -0.2) is 41.8 Å². The lowest BCUT2D eigenvalue weighted by Gasteiger charge is -2.28. The highest BCUT2D eigenvalue weighted by atomic mass is 16.2. The van der Waals surface area contributed by atoms with Crippen molar-refractivity contribution in [2.24, 2.45) is 0 Å². The predicted molar refractivity (Wildman–Crippen MR) is 72.4 cm³/mol. The summed E-state index contributed by atoms with van der Waals surface area (Å²) in [5, 5.41) is 3.20. The van der Waals surface area contributed by atoms with Crippen molar-refractivity contribution in [3.8, 4) is 0 Å². The Labute approximate surface area is 110 Å². The first-order chi connectivity index (χ1) is 8.56. The summed E-state index contributed by atoms with van der Waals surface area (Å²) in [5.74, 6) is -0.547. The van der Waals surface area contributed by atoms with E-state index in [1.165, 1.54) is 6.42 Å². The fraction of sp³-hybridized carbons (Fsp3) is 0.857. The van der Waals surface area contributed by atoms with E-state index < -0.39 is 0 Å². The highest BCUT2D eigenvalue weighted by Crippen LogP contribution is 2.11. The molecule has 1 saturated heterocycles. The number of carbonyl (C=O) groups is 2. The minimum absolute atomic E-state index is 0.222. The van der Waals surface area contributed by atoms with Crippen LogP contribution in [0.3, 0.4) is 0 Å². The van der Waals surface area contributed by atoms with Crippen LogP contribution in [-0.2, 0) is 9.59 Å². The number of nitrogens with zero attached hydrogens (tertiary/aromatic N) is 1. The third-order valence-electron chi connectivity index (χ3n) is 3.28. The average Bonchev–Trinajstić information content (AvgIpc) is 2.37. The molecule has 0 radical (unpaired) electrons. The van der Waals surface area contributed by atoms with Crippen LogP contribution in [0.2, 0.25) is 0 Å². The molecule has 4 heteroatoms. The van der Waals surface area contributed by atoms with Crippen LogP contribution in [0.1, 0.15) is 52.9 Å². The Bertz CT molecular complexity index is 284. The van der Waals surface area contributed by atoms with E-state index in [1.807, 2.05) is 20.8 Å². The molecule has 0 aliphatic carbocycles. The Morgan fingerprint density at radius 3 is 2.28 bits per heavy atom. The zero-order valence-corrected chi connectivity index (χ0v) is 11.9. The van der Waals surface area contributed by atoms with Gasteiger partial charge in [-0.05, 0) is 25.7 Å². The largest absolute Gasteiger partial charge is 0.336 e. The highest BCUT2D eigenvalue weighted by molar-refractivity contribution is 6.38. The van der Waals surface area contributed by atoms with Crippen LogP contribution in [0.15, 0.2) is 0 Å². The number of nitrogens with one attached hydrogen (secondary N) is 1. The maximum absolute atomic E-state index is 12.2. The first-order valence-corrected chi connectivity index (χ1v) is 7.15. The van der Waals surface area contributed by atoms with Crippen LogP contribution in [0.25, 0.3) is 0 Å². The van der Waals surface area contributed by atoms with Gasteiger partial charge in [-0.15, -0.1) is 0 Å². The number of ketones is 1. The van der Waals surface area contributed by atoms with E-state index in [4.69, 9.17) is 0 Å². The summed E-state index contributed by atoms with van der Waals surface area (Å²) in [6, 6.07) is -0.0934. The number of carbonyl (C=O) groups excluding carboxylic acids is 2. The zero-order chi connectivity index (χ0) is 13.5. The molecular formula is C14H26N2O2. The molecule has 1 aliphatic rings. The molecule has 0 spiro atoms. The molecule has 1 rings (SSSR count). The zero-order valence-electron chi connectivity index (χ0n) is 11.9. The van der Waals surface area contributed by atoms with Gasteiger partial charge >= 0.3 is 0 Å². The fourth-order valence-corrected chi connectivity index (χ4v) is 2.38. The van der Waals surface area contributed by atoms with E-state index in [2.05, 4.69) is 5.32 Å². The minimum Gasteiger partial charge on any atom is -0.336 e. The van der Waals surface area contributed by atoms with Crippen molar-refractivity contribution in [3.63, 3.8) is 0 Å². The quantitative estimate of drug-likeness (QED) is 0.734. The van der Waals surface area contributed by atoms with Crippen molar-refractivity contribution < 1.29 is 9.59 Å². The number of amides is 1. The monoisotopic (exact) mass is 254 g/mol. The first kappa shape index (κ1) is 15.2. The van der Waals surface area contributed by atoms with E-state index in [-0.39, 0.29) is 23.8 Å². The van der Waals surface area contributed by atoms with Crippen molar-refractivity contribution in [3.05, 3.63) is 0 Å². The average molecular weight is 254 g/mol. The molecule has 0 bridgehead atoms. The van der Waals surface area contributed by atoms with Gasteiger partial charge in [0.1, 0.15) is 0 Å². The lowest BCUT2D eigenvalue weighted by Crippen LogP contribution is -2.49. The molecule has 1 amide bonds. The number of hydrogen-bond donors (Lipinski definition) is 1. The summed E-state index contributed by atoms with van der Waals surface area (Å²) in [6.45, 7) is 7.52. The molecular weight excluding hydrogens is 228 g/mol. The number of Topliss-reactive ketones (excluding diaryl/α,β-unsaturated/α-hetero) is 1. The van der Waals surface area contributed by atoms with Crippen molar-refractivity contribution >= 4 is 11.7 Å². The number of hydrogen-bond acceptors (Lipinski definition) is 3. The number of piperidine rings is 1. The molecule has 0 aromatic rings. The topological polar surface area (TPSA) is 49.4 Å². The Morgan fingerprint density at radius 1 is 1.17 bits per heavy atom. The summed E-state index contributed by atoms with van der Waals surface area (Å²) in [7, 11) is 0. The standard InChI is InChI=1S/C14H26N2O2/c1-4-8-12(15-11(2)3)13(17)14(18)16-9-6-5-7-10-16/h11-12,15H,4-10H2,1-3H3. The number of rotatable bonds is 6. The van der Waals surface area contributed by atoms with Gasteiger partial charge < -0.3 is 10.2 Å². The van der Waals surface area contributed by atoms with Gasteiger partial charge in [-0.3, -0.25) is 9.59 Å². The molecule has 1 aliphatic heterocycles. The van der Waals surface area contributed by atoms with Crippen molar-refractivity contribution in [1.82, 2.24) is 10.2 Å². The summed E-state index contributed by atoms with van der Waals surface area (Å²) in [4.78, 5) is 26.1. The molecule has 0 aromatic heterocycles. The molecule has 1 heterocycles. The summed E-state index contributed by atoms with van der Waals surface area (Å²) in [5.41, 5.74) is 0. The lowest BCUT2D eigenvalue weighted by atomic mass is 10.0.